The minimum Gasteiger partial charge on any atom is -0.281 e. The summed E-state index contributed by atoms with van der Waals surface area (Å²) in [4.78, 5) is 0. The van der Waals surface area contributed by atoms with Gasteiger partial charge >= 0.3 is 0 Å². The third-order valence-corrected chi connectivity index (χ3v) is 2.06. The van der Waals surface area contributed by atoms with Gasteiger partial charge in [-0.25, -0.2) is 0 Å². The number of aromatic nitrogens is 2. The van der Waals surface area contributed by atoms with E-state index < -0.39 is 0 Å². The van der Waals surface area contributed by atoms with Crippen molar-refractivity contribution in [2.24, 2.45) is 0 Å². The molecule has 3 nitrogen and oxygen atoms in total. The predicted octanol–water partition coefficient (Wildman–Crippen LogP) is 2.53. The molecule has 1 heterocycles. The van der Waals surface area contributed by atoms with Crippen LogP contribution in [0.2, 0.25) is 0 Å². The van der Waals surface area contributed by atoms with E-state index in [9.17, 15) is 0 Å². The van der Waals surface area contributed by atoms with Gasteiger partial charge < -0.3 is 0 Å². The second kappa shape index (κ2) is 3.61. The predicted molar refractivity (Wildman–Crippen MR) is 51.5 cm³/mol. The smallest absolute Gasteiger partial charge is 0.103 e. The van der Waals surface area contributed by atoms with Crippen LogP contribution >= 0.6 is 0 Å². The molecule has 70 valence electrons. The highest BCUT2D eigenvalue weighted by atomic mass is 15.1. The average Bonchev–Trinajstić information content (AvgIpc) is 2.46. The Morgan fingerprint density at radius 3 is 2.23 bits per heavy atom. The monoisotopic (exact) mass is 177 g/mol. The summed E-state index contributed by atoms with van der Waals surface area (Å²) in [5.74, 6) is 0.632. The summed E-state index contributed by atoms with van der Waals surface area (Å²) in [5, 5.41) is 16.1. The van der Waals surface area contributed by atoms with Gasteiger partial charge in [-0.05, 0) is 11.8 Å². The lowest BCUT2D eigenvalue weighted by Crippen LogP contribution is -1.94. The molecule has 0 radical (unpaired) electrons. The maximum atomic E-state index is 8.98. The highest BCUT2D eigenvalue weighted by molar-refractivity contribution is 5.40. The van der Waals surface area contributed by atoms with Gasteiger partial charge in [0, 0.05) is 0 Å². The average molecular weight is 177 g/mol. The summed E-state index contributed by atoms with van der Waals surface area (Å²) in [6, 6.07) is 2.21. The molecule has 0 amide bonds. The molecule has 0 aliphatic carbocycles. The first-order valence-electron chi connectivity index (χ1n) is 4.56. The fourth-order valence-electron chi connectivity index (χ4n) is 1.32. The fraction of sp³-hybridized carbons (Fsp3) is 0.600. The van der Waals surface area contributed by atoms with Gasteiger partial charge in [0.25, 0.3) is 0 Å². The van der Waals surface area contributed by atoms with Crippen molar-refractivity contribution in [1.29, 1.82) is 5.26 Å². The second-order valence-electron chi connectivity index (χ2n) is 3.82. The molecule has 0 atom stereocenters. The van der Waals surface area contributed by atoms with E-state index in [4.69, 9.17) is 5.26 Å². The molecule has 0 bridgehead atoms. The molecule has 3 heteroatoms. The largest absolute Gasteiger partial charge is 0.281 e. The Balaban J connectivity index is 3.21. The molecule has 1 aromatic rings. The van der Waals surface area contributed by atoms with Crippen molar-refractivity contribution < 1.29 is 0 Å². The number of nitrogens with zero attached hydrogens (tertiary/aromatic N) is 2. The van der Waals surface area contributed by atoms with Crippen molar-refractivity contribution in [3.05, 3.63) is 17.0 Å². The highest BCUT2D eigenvalue weighted by Crippen LogP contribution is 2.23. The van der Waals surface area contributed by atoms with Crippen LogP contribution in [-0.2, 0) is 0 Å². The minimum absolute atomic E-state index is 0.304. The minimum atomic E-state index is 0.304. The van der Waals surface area contributed by atoms with E-state index in [-0.39, 0.29) is 0 Å². The summed E-state index contributed by atoms with van der Waals surface area (Å²) in [5.41, 5.74) is 2.56. The van der Waals surface area contributed by atoms with E-state index in [2.05, 4.69) is 30.1 Å². The van der Waals surface area contributed by atoms with Crippen LogP contribution in [0.5, 0.6) is 0 Å². The summed E-state index contributed by atoms with van der Waals surface area (Å²) in [6.45, 7) is 8.19. The lowest BCUT2D eigenvalue weighted by atomic mass is 10.00. The number of H-pyrrole nitrogens is 1. The van der Waals surface area contributed by atoms with E-state index in [0.29, 0.717) is 11.8 Å². The quantitative estimate of drug-likeness (QED) is 0.754. The van der Waals surface area contributed by atoms with Crippen LogP contribution in [0.1, 0.15) is 56.5 Å². The first-order chi connectivity index (χ1) is 6.07. The molecule has 0 fully saturated rings. The fourth-order valence-corrected chi connectivity index (χ4v) is 1.32. The zero-order chi connectivity index (χ0) is 10.0. The van der Waals surface area contributed by atoms with Crippen LogP contribution in [0.3, 0.4) is 0 Å². The number of nitriles is 1. The number of rotatable bonds is 2. The Morgan fingerprint density at radius 2 is 1.85 bits per heavy atom. The molecule has 13 heavy (non-hydrogen) atoms. The van der Waals surface area contributed by atoms with Gasteiger partial charge in [0.05, 0.1) is 17.0 Å². The van der Waals surface area contributed by atoms with Crippen molar-refractivity contribution in [2.45, 2.75) is 39.5 Å². The van der Waals surface area contributed by atoms with Gasteiger partial charge in [0.2, 0.25) is 0 Å². The molecule has 0 spiro atoms. The van der Waals surface area contributed by atoms with Crippen LogP contribution in [0.4, 0.5) is 0 Å². The van der Waals surface area contributed by atoms with Gasteiger partial charge in [-0.3, -0.25) is 5.10 Å². The standard InChI is InChI=1S/C10H15N3/c1-6(2)9-8(5-11)10(7(3)4)13-12-9/h6-7H,1-4H3,(H,12,13). The van der Waals surface area contributed by atoms with E-state index in [1.165, 1.54) is 0 Å². The second-order valence-corrected chi connectivity index (χ2v) is 3.82. The Hall–Kier alpha value is -1.30. The molecule has 0 aliphatic heterocycles. The van der Waals surface area contributed by atoms with Crippen LogP contribution < -0.4 is 0 Å². The van der Waals surface area contributed by atoms with E-state index in [0.717, 1.165) is 17.0 Å². The molecular weight excluding hydrogens is 162 g/mol. The van der Waals surface area contributed by atoms with Crippen molar-refractivity contribution >= 4 is 0 Å². The Morgan fingerprint density at radius 1 is 1.23 bits per heavy atom. The normalized spacial score (nSPS) is 10.8. The molecule has 1 rings (SSSR count). The van der Waals surface area contributed by atoms with Crippen molar-refractivity contribution in [1.82, 2.24) is 10.2 Å². The van der Waals surface area contributed by atoms with E-state index >= 15 is 0 Å². The van der Waals surface area contributed by atoms with Crippen LogP contribution in [0.15, 0.2) is 0 Å². The lowest BCUT2D eigenvalue weighted by molar-refractivity contribution is 0.791. The van der Waals surface area contributed by atoms with Gasteiger partial charge in [-0.2, -0.15) is 10.4 Å². The van der Waals surface area contributed by atoms with Crippen LogP contribution in [0, 0.1) is 11.3 Å². The van der Waals surface area contributed by atoms with Gasteiger partial charge in [0.15, 0.2) is 0 Å². The van der Waals surface area contributed by atoms with Crippen molar-refractivity contribution in [3.63, 3.8) is 0 Å². The van der Waals surface area contributed by atoms with Gasteiger partial charge in [0.1, 0.15) is 6.07 Å². The van der Waals surface area contributed by atoms with Crippen molar-refractivity contribution in [3.8, 4) is 6.07 Å². The molecular formula is C10H15N3. The Labute approximate surface area is 78.8 Å². The van der Waals surface area contributed by atoms with Crippen LogP contribution in [-0.4, -0.2) is 10.2 Å². The molecule has 0 saturated carbocycles. The molecule has 1 aromatic heterocycles. The first-order valence-corrected chi connectivity index (χ1v) is 4.56. The maximum absolute atomic E-state index is 8.98. The summed E-state index contributed by atoms with van der Waals surface area (Å²) >= 11 is 0. The maximum Gasteiger partial charge on any atom is 0.103 e. The zero-order valence-corrected chi connectivity index (χ0v) is 8.55. The number of nitrogens with one attached hydrogen (secondary N) is 1. The highest BCUT2D eigenvalue weighted by Gasteiger charge is 2.16. The number of hydrogen-bond acceptors (Lipinski definition) is 2. The van der Waals surface area contributed by atoms with Gasteiger partial charge in [-0.1, -0.05) is 27.7 Å². The van der Waals surface area contributed by atoms with Crippen LogP contribution in [0.25, 0.3) is 0 Å². The molecule has 0 aliphatic rings. The Kier molecular flexibility index (Phi) is 2.72. The van der Waals surface area contributed by atoms with Gasteiger partial charge in [-0.15, -0.1) is 0 Å². The Bertz CT molecular complexity index is 303. The molecule has 0 saturated heterocycles. The zero-order valence-electron chi connectivity index (χ0n) is 8.55. The van der Waals surface area contributed by atoms with Crippen molar-refractivity contribution in [2.75, 3.05) is 0 Å². The summed E-state index contributed by atoms with van der Waals surface area (Å²) in [7, 11) is 0. The topological polar surface area (TPSA) is 52.5 Å². The summed E-state index contributed by atoms with van der Waals surface area (Å²) in [6.07, 6.45) is 0. The lowest BCUT2D eigenvalue weighted by Gasteiger charge is -2.02. The number of hydrogen-bond donors (Lipinski definition) is 1. The summed E-state index contributed by atoms with van der Waals surface area (Å²) < 4.78 is 0. The third-order valence-electron chi connectivity index (χ3n) is 2.06. The number of aromatic amines is 1. The molecule has 0 unspecified atom stereocenters. The first kappa shape index (κ1) is 9.79. The SMILES string of the molecule is CC(C)c1n[nH]c(C(C)C)c1C#N. The van der Waals surface area contributed by atoms with E-state index in [1.807, 2.05) is 13.8 Å². The molecule has 1 N–H and O–H groups in total. The molecule has 0 aromatic carbocycles. The third kappa shape index (κ3) is 1.72. The van der Waals surface area contributed by atoms with E-state index in [1.54, 1.807) is 0 Å².